The van der Waals surface area contributed by atoms with E-state index in [1.54, 1.807) is 0 Å². The Bertz CT molecular complexity index is 571. The van der Waals surface area contributed by atoms with Crippen LogP contribution >= 0.6 is 15.9 Å². The lowest BCUT2D eigenvalue weighted by atomic mass is 10.0. The number of aromatic nitrogens is 1. The molecule has 1 aliphatic carbocycles. The maximum absolute atomic E-state index is 6.32. The van der Waals surface area contributed by atoms with Gasteiger partial charge in [-0.1, -0.05) is 22.4 Å². The van der Waals surface area contributed by atoms with Crippen LogP contribution < -0.4 is 5.73 Å². The molecule has 1 aliphatic rings. The van der Waals surface area contributed by atoms with E-state index in [1.807, 2.05) is 0 Å². The number of aromatic amines is 1. The zero-order valence-corrected chi connectivity index (χ0v) is 11.6. The number of hydrogen-bond donors (Lipinski definition) is 2. The summed E-state index contributed by atoms with van der Waals surface area (Å²) in [5.74, 6) is 0. The number of halogens is 1. The Hall–Kier alpha value is -0.800. The van der Waals surface area contributed by atoms with E-state index in [0.717, 1.165) is 17.3 Å². The molecule has 2 aromatic rings. The second-order valence-corrected chi connectivity index (χ2v) is 5.93. The van der Waals surface area contributed by atoms with Crippen LogP contribution in [0.3, 0.4) is 0 Å². The Morgan fingerprint density at radius 2 is 2.18 bits per heavy atom. The highest BCUT2D eigenvalue weighted by molar-refractivity contribution is 9.10. The maximum atomic E-state index is 6.32. The van der Waals surface area contributed by atoms with E-state index >= 15 is 0 Å². The van der Waals surface area contributed by atoms with Crippen molar-refractivity contribution in [2.24, 2.45) is 5.73 Å². The van der Waals surface area contributed by atoms with Crippen molar-refractivity contribution in [3.8, 4) is 0 Å². The molecule has 3 N–H and O–H groups in total. The molecule has 1 atom stereocenters. The molecule has 0 aliphatic heterocycles. The van der Waals surface area contributed by atoms with Gasteiger partial charge in [-0.3, -0.25) is 0 Å². The highest BCUT2D eigenvalue weighted by atomic mass is 79.9. The minimum Gasteiger partial charge on any atom is -0.358 e. The van der Waals surface area contributed by atoms with E-state index in [9.17, 15) is 0 Å². The van der Waals surface area contributed by atoms with Gasteiger partial charge in [0.2, 0.25) is 0 Å². The molecule has 1 aromatic carbocycles. The lowest BCUT2D eigenvalue weighted by Crippen LogP contribution is -2.09. The summed E-state index contributed by atoms with van der Waals surface area (Å²) >= 11 is 3.58. The molecule has 0 saturated heterocycles. The quantitative estimate of drug-likeness (QED) is 0.709. The van der Waals surface area contributed by atoms with Gasteiger partial charge in [-0.05, 0) is 49.4 Å². The Labute approximate surface area is 110 Å². The SMILES string of the molecule is Cc1cc(Br)cc2c3c([nH]c12)CCCCC3N. The van der Waals surface area contributed by atoms with Crippen LogP contribution in [0.2, 0.25) is 0 Å². The Kier molecular flexibility index (Phi) is 2.75. The fourth-order valence-corrected chi connectivity index (χ4v) is 3.51. The van der Waals surface area contributed by atoms with Gasteiger partial charge < -0.3 is 10.7 Å². The van der Waals surface area contributed by atoms with E-state index < -0.39 is 0 Å². The summed E-state index contributed by atoms with van der Waals surface area (Å²) in [5, 5.41) is 1.31. The largest absolute Gasteiger partial charge is 0.358 e. The Balaban J connectivity index is 2.32. The monoisotopic (exact) mass is 292 g/mol. The van der Waals surface area contributed by atoms with E-state index in [4.69, 9.17) is 5.73 Å². The van der Waals surface area contributed by atoms with Gasteiger partial charge in [-0.25, -0.2) is 0 Å². The summed E-state index contributed by atoms with van der Waals surface area (Å²) in [5.41, 5.74) is 11.6. The molecular formula is C14H17BrN2. The Morgan fingerprint density at radius 1 is 1.35 bits per heavy atom. The van der Waals surface area contributed by atoms with Crippen molar-refractivity contribution in [2.45, 2.75) is 38.6 Å². The van der Waals surface area contributed by atoms with Crippen molar-refractivity contribution in [2.75, 3.05) is 0 Å². The van der Waals surface area contributed by atoms with Gasteiger partial charge in [0, 0.05) is 27.1 Å². The van der Waals surface area contributed by atoms with Gasteiger partial charge in [-0.2, -0.15) is 0 Å². The van der Waals surface area contributed by atoms with Crippen LogP contribution in [0.25, 0.3) is 10.9 Å². The van der Waals surface area contributed by atoms with Crippen LogP contribution in [-0.2, 0) is 6.42 Å². The highest BCUT2D eigenvalue weighted by Gasteiger charge is 2.21. The average Bonchev–Trinajstić information content (AvgIpc) is 2.53. The second kappa shape index (κ2) is 4.14. The standard InChI is InChI=1S/C14H17BrN2/c1-8-6-9(15)7-10-13-11(16)4-2-3-5-12(13)17-14(8)10/h6-7,11,17H,2-5,16H2,1H3. The molecule has 17 heavy (non-hydrogen) atoms. The number of fused-ring (bicyclic) bond motifs is 3. The molecule has 0 radical (unpaired) electrons. The first-order valence-corrected chi connectivity index (χ1v) is 7.02. The third-order valence-corrected chi connectivity index (χ3v) is 4.21. The zero-order valence-electron chi connectivity index (χ0n) is 10.0. The van der Waals surface area contributed by atoms with Crippen molar-refractivity contribution < 1.29 is 0 Å². The first-order valence-electron chi connectivity index (χ1n) is 6.23. The molecule has 3 rings (SSSR count). The molecule has 3 heteroatoms. The van der Waals surface area contributed by atoms with Crippen LogP contribution in [0.1, 0.15) is 42.1 Å². The Morgan fingerprint density at radius 3 is 3.00 bits per heavy atom. The van der Waals surface area contributed by atoms with Crippen molar-refractivity contribution in [1.82, 2.24) is 4.98 Å². The summed E-state index contributed by atoms with van der Waals surface area (Å²) in [6, 6.07) is 4.54. The molecule has 2 nitrogen and oxygen atoms in total. The molecule has 0 bridgehead atoms. The zero-order chi connectivity index (χ0) is 12.0. The van der Waals surface area contributed by atoms with Gasteiger partial charge in [0.25, 0.3) is 0 Å². The number of aryl methyl sites for hydroxylation is 2. The van der Waals surface area contributed by atoms with Crippen LogP contribution in [-0.4, -0.2) is 4.98 Å². The summed E-state index contributed by atoms with van der Waals surface area (Å²) < 4.78 is 1.14. The molecule has 1 aromatic heterocycles. The van der Waals surface area contributed by atoms with Gasteiger partial charge in [-0.15, -0.1) is 0 Å². The van der Waals surface area contributed by atoms with Gasteiger partial charge in [0.15, 0.2) is 0 Å². The fraction of sp³-hybridized carbons (Fsp3) is 0.429. The van der Waals surface area contributed by atoms with Crippen molar-refractivity contribution in [1.29, 1.82) is 0 Å². The lowest BCUT2D eigenvalue weighted by molar-refractivity contribution is 0.617. The maximum Gasteiger partial charge on any atom is 0.0490 e. The molecule has 0 spiro atoms. The molecular weight excluding hydrogens is 276 g/mol. The highest BCUT2D eigenvalue weighted by Crippen LogP contribution is 2.35. The number of H-pyrrole nitrogens is 1. The number of benzene rings is 1. The number of nitrogens with two attached hydrogens (primary N) is 1. The van der Waals surface area contributed by atoms with E-state index in [0.29, 0.717) is 0 Å². The third kappa shape index (κ3) is 1.81. The number of rotatable bonds is 0. The van der Waals surface area contributed by atoms with Crippen LogP contribution in [0.5, 0.6) is 0 Å². The van der Waals surface area contributed by atoms with Gasteiger partial charge >= 0.3 is 0 Å². The van der Waals surface area contributed by atoms with Crippen LogP contribution in [0, 0.1) is 6.92 Å². The summed E-state index contributed by atoms with van der Waals surface area (Å²) in [6.07, 6.45) is 4.71. The summed E-state index contributed by atoms with van der Waals surface area (Å²) in [6.45, 7) is 2.15. The minimum atomic E-state index is 0.190. The number of hydrogen-bond acceptors (Lipinski definition) is 1. The van der Waals surface area contributed by atoms with Crippen LogP contribution in [0.4, 0.5) is 0 Å². The van der Waals surface area contributed by atoms with Crippen molar-refractivity contribution in [3.63, 3.8) is 0 Å². The lowest BCUT2D eigenvalue weighted by Gasteiger charge is -2.09. The van der Waals surface area contributed by atoms with Gasteiger partial charge in [0.05, 0.1) is 0 Å². The first-order chi connectivity index (χ1) is 8.16. The third-order valence-electron chi connectivity index (χ3n) is 3.75. The molecule has 0 amide bonds. The predicted octanol–water partition coefficient (Wildman–Crippen LogP) is 3.97. The predicted molar refractivity (Wildman–Crippen MR) is 75.2 cm³/mol. The minimum absolute atomic E-state index is 0.190. The second-order valence-electron chi connectivity index (χ2n) is 5.01. The first kappa shape index (κ1) is 11.3. The molecule has 1 unspecified atom stereocenters. The molecule has 90 valence electrons. The van der Waals surface area contributed by atoms with Crippen LogP contribution in [0.15, 0.2) is 16.6 Å². The van der Waals surface area contributed by atoms with Crippen molar-refractivity contribution >= 4 is 26.8 Å². The normalized spacial score (nSPS) is 20.3. The molecule has 0 fully saturated rings. The fourth-order valence-electron chi connectivity index (χ4n) is 2.93. The number of nitrogens with one attached hydrogen (secondary N) is 1. The van der Waals surface area contributed by atoms with E-state index in [1.165, 1.54) is 40.6 Å². The molecule has 0 saturated carbocycles. The van der Waals surface area contributed by atoms with E-state index in [2.05, 4.69) is 40.0 Å². The summed E-state index contributed by atoms with van der Waals surface area (Å²) in [7, 11) is 0. The smallest absolute Gasteiger partial charge is 0.0490 e. The van der Waals surface area contributed by atoms with E-state index in [-0.39, 0.29) is 6.04 Å². The summed E-state index contributed by atoms with van der Waals surface area (Å²) in [4.78, 5) is 3.58. The molecule has 1 heterocycles. The average molecular weight is 293 g/mol. The van der Waals surface area contributed by atoms with Crippen molar-refractivity contribution in [3.05, 3.63) is 33.4 Å². The topological polar surface area (TPSA) is 41.8 Å². The van der Waals surface area contributed by atoms with Gasteiger partial charge in [0.1, 0.15) is 0 Å².